The van der Waals surface area contributed by atoms with E-state index >= 15 is 0 Å². The standard InChI is InChI=1S/C4H5N2O8PS/c7-15-10-3(11-15)4(12-15)6(2-1-5-3)14-16(8,9)13-4/h5H,1-2H2. The number of hydrogen-bond acceptors (Lipinski definition) is 10. The van der Waals surface area contributed by atoms with Crippen LogP contribution in [0, 0.1) is 0 Å². The maximum absolute atomic E-state index is 11.5. The van der Waals surface area contributed by atoms with Gasteiger partial charge in [-0.15, -0.1) is 9.35 Å². The molecule has 5 heterocycles. The molecule has 90 valence electrons. The largest absolute Gasteiger partial charge is 0.486 e. The van der Waals surface area contributed by atoms with Crippen molar-refractivity contribution < 1.29 is 35.0 Å². The van der Waals surface area contributed by atoms with E-state index in [1.165, 1.54) is 0 Å². The van der Waals surface area contributed by atoms with Crippen LogP contribution >= 0.6 is 7.82 Å². The van der Waals surface area contributed by atoms with Crippen LogP contribution in [0.15, 0.2) is 0 Å². The van der Waals surface area contributed by atoms with Gasteiger partial charge in [0.05, 0.1) is 0 Å². The first kappa shape index (κ1) is 9.88. The van der Waals surface area contributed by atoms with Crippen LogP contribution in [0.5, 0.6) is 0 Å². The highest BCUT2D eigenvalue weighted by molar-refractivity contribution is 7.82. The number of phosphoric ester groups is 1. The van der Waals surface area contributed by atoms with Gasteiger partial charge in [-0.25, -0.2) is 18.1 Å². The molecule has 0 saturated carbocycles. The van der Waals surface area contributed by atoms with Crippen LogP contribution in [0.4, 0.5) is 0 Å². The first-order valence-electron chi connectivity index (χ1n) is 4.29. The van der Waals surface area contributed by atoms with Crippen molar-refractivity contribution in [1.29, 1.82) is 0 Å². The van der Waals surface area contributed by atoms with Crippen molar-refractivity contribution in [3.05, 3.63) is 0 Å². The average molecular weight is 272 g/mol. The van der Waals surface area contributed by atoms with Crippen molar-refractivity contribution in [2.45, 2.75) is 11.8 Å². The summed E-state index contributed by atoms with van der Waals surface area (Å²) in [5.74, 6) is -3.69. The maximum Gasteiger partial charge on any atom is 0.486 e. The number of rotatable bonds is 0. The second-order valence-electron chi connectivity index (χ2n) is 3.51. The van der Waals surface area contributed by atoms with E-state index < -0.39 is 30.0 Å². The smallest absolute Gasteiger partial charge is 0.258 e. The minimum Gasteiger partial charge on any atom is -0.258 e. The van der Waals surface area contributed by atoms with Crippen LogP contribution in [0.3, 0.4) is 0 Å². The van der Waals surface area contributed by atoms with Crippen LogP contribution in [-0.4, -0.2) is 38.4 Å². The molecule has 16 heavy (non-hydrogen) atoms. The van der Waals surface area contributed by atoms with E-state index in [2.05, 4.69) is 13.8 Å². The van der Waals surface area contributed by atoms with Crippen molar-refractivity contribution in [2.75, 3.05) is 13.1 Å². The maximum atomic E-state index is 11.5. The molecule has 0 radical (unpaired) electrons. The van der Waals surface area contributed by atoms with Gasteiger partial charge in [0, 0.05) is 13.1 Å². The van der Waals surface area contributed by atoms with Gasteiger partial charge >= 0.3 is 30.0 Å². The molecule has 0 aromatic rings. The quantitative estimate of drug-likeness (QED) is 0.527. The zero-order valence-corrected chi connectivity index (χ0v) is 9.19. The molecular weight excluding hydrogens is 267 g/mol. The van der Waals surface area contributed by atoms with E-state index in [0.29, 0.717) is 6.54 Å². The lowest BCUT2D eigenvalue weighted by Crippen LogP contribution is -2.73. The summed E-state index contributed by atoms with van der Waals surface area (Å²) < 4.78 is 57.9. The molecule has 5 saturated heterocycles. The van der Waals surface area contributed by atoms with Gasteiger partial charge in [0.1, 0.15) is 0 Å². The summed E-state index contributed by atoms with van der Waals surface area (Å²) in [6, 6.07) is 0. The predicted octanol–water partition coefficient (Wildman–Crippen LogP) is -1.41. The molecule has 2 bridgehead atoms. The number of nitrogens with one attached hydrogen (secondary N) is 1. The summed E-state index contributed by atoms with van der Waals surface area (Å²) in [7, 11) is -7.97. The van der Waals surface area contributed by atoms with Gasteiger partial charge in [0.15, 0.2) is 0 Å². The highest BCUT2D eigenvalue weighted by Crippen LogP contribution is 2.78. The summed E-state index contributed by atoms with van der Waals surface area (Å²) >= 11 is 0. The van der Waals surface area contributed by atoms with Crippen LogP contribution in [0.25, 0.3) is 0 Å². The van der Waals surface area contributed by atoms with Crippen molar-refractivity contribution in [1.82, 2.24) is 10.4 Å². The summed E-state index contributed by atoms with van der Waals surface area (Å²) in [5, 5.41) is 3.59. The third-order valence-electron chi connectivity index (χ3n) is 2.53. The monoisotopic (exact) mass is 272 g/mol. The van der Waals surface area contributed by atoms with Crippen molar-refractivity contribution in [2.24, 2.45) is 0 Å². The molecule has 0 aliphatic carbocycles. The Morgan fingerprint density at radius 1 is 1.31 bits per heavy atom. The Morgan fingerprint density at radius 3 is 2.81 bits per heavy atom. The molecule has 5 aliphatic heterocycles. The molecule has 2 spiro atoms. The first-order chi connectivity index (χ1) is 7.39. The van der Waals surface area contributed by atoms with E-state index in [-0.39, 0.29) is 6.54 Å². The zero-order valence-electron chi connectivity index (χ0n) is 7.48. The van der Waals surface area contributed by atoms with E-state index in [1.807, 2.05) is 0 Å². The van der Waals surface area contributed by atoms with Gasteiger partial charge < -0.3 is 0 Å². The molecule has 10 nitrogen and oxygen atoms in total. The molecule has 0 aromatic carbocycles. The number of piperazine rings is 1. The number of phosphoric acid groups is 1. The molecule has 12 heteroatoms. The third-order valence-corrected chi connectivity index (χ3v) is 4.75. The van der Waals surface area contributed by atoms with Gasteiger partial charge in [-0.05, 0) is 0 Å². The van der Waals surface area contributed by atoms with Crippen molar-refractivity contribution in [3.8, 4) is 0 Å². The molecule has 0 aromatic heterocycles. The van der Waals surface area contributed by atoms with Crippen LogP contribution < -0.4 is 5.32 Å². The lowest BCUT2D eigenvalue weighted by molar-refractivity contribution is -0.380. The molecule has 5 aliphatic rings. The van der Waals surface area contributed by atoms with Crippen molar-refractivity contribution >= 4 is 18.2 Å². The molecule has 1 atom stereocenters. The predicted molar refractivity (Wildman–Crippen MR) is 42.1 cm³/mol. The van der Waals surface area contributed by atoms with Crippen LogP contribution in [0.2, 0.25) is 0 Å². The highest BCUT2D eigenvalue weighted by atomic mass is 32.3. The molecule has 1 N–H and O–H groups in total. The van der Waals surface area contributed by atoms with Crippen LogP contribution in [-0.2, 0) is 37.0 Å². The van der Waals surface area contributed by atoms with Gasteiger partial charge in [-0.2, -0.15) is 12.6 Å². The normalized spacial score (nSPS) is 57.8. The van der Waals surface area contributed by atoms with Gasteiger partial charge in [-0.3, -0.25) is 5.32 Å². The summed E-state index contributed by atoms with van der Waals surface area (Å²) in [6.07, 6.45) is 0. The highest BCUT2D eigenvalue weighted by Gasteiger charge is 2.88. The van der Waals surface area contributed by atoms with Gasteiger partial charge in [0.25, 0.3) is 0 Å². The number of nitrogens with zero attached hydrogens (tertiary/aromatic N) is 1. The minimum atomic E-state index is -4.25. The molecule has 1 unspecified atom stereocenters. The number of hydrogen-bond donors (Lipinski definition) is 1. The summed E-state index contributed by atoms with van der Waals surface area (Å²) in [4.78, 5) is 0. The van der Waals surface area contributed by atoms with Crippen molar-refractivity contribution in [3.63, 3.8) is 0 Å². The van der Waals surface area contributed by atoms with E-state index in [4.69, 9.17) is 13.6 Å². The Bertz CT molecular complexity index is 522. The molecular formula is C4H5N2O8PS. The topological polar surface area (TPSA) is 113 Å². The van der Waals surface area contributed by atoms with E-state index in [1.54, 1.807) is 0 Å². The third kappa shape index (κ3) is 0.893. The Morgan fingerprint density at radius 2 is 2.06 bits per heavy atom. The molecule has 5 fully saturated rings. The Kier molecular flexibility index (Phi) is 1.46. The zero-order chi connectivity index (χ0) is 11.2. The minimum absolute atomic E-state index is 0.147. The van der Waals surface area contributed by atoms with Gasteiger partial charge in [0.2, 0.25) is 0 Å². The fraction of sp³-hybridized carbons (Fsp3) is 1.00. The summed E-state index contributed by atoms with van der Waals surface area (Å²) in [6.45, 7) is 0.442. The first-order valence-corrected chi connectivity index (χ1v) is 7.08. The second kappa shape index (κ2) is 2.36. The van der Waals surface area contributed by atoms with E-state index in [9.17, 15) is 13.0 Å². The fourth-order valence-corrected chi connectivity index (χ4v) is 4.61. The van der Waals surface area contributed by atoms with Gasteiger partial charge in [-0.1, -0.05) is 0 Å². The fourth-order valence-electron chi connectivity index (χ4n) is 2.00. The Hall–Kier alpha value is -0.100. The SMILES string of the molecule is O=P12OC3(NCCN4OS(=O)(=O)OC43O1)O2. The lowest BCUT2D eigenvalue weighted by Gasteiger charge is -2.43. The van der Waals surface area contributed by atoms with Crippen LogP contribution in [0.1, 0.15) is 0 Å². The van der Waals surface area contributed by atoms with E-state index in [0.717, 1.165) is 5.06 Å². The second-order valence-corrected chi connectivity index (χ2v) is 6.09. The molecule has 0 amide bonds. The summed E-state index contributed by atoms with van der Waals surface area (Å²) in [5.41, 5.74) is 0. The average Bonchev–Trinajstić information content (AvgIpc) is 2.56. The Labute approximate surface area is 89.2 Å². The Balaban J connectivity index is 1.90. The lowest BCUT2D eigenvalue weighted by atomic mass is 10.2. The molecule has 5 rings (SSSR count). The number of hydroxylamine groups is 2.